The average Bonchev–Trinajstić information content (AvgIpc) is 2.43. The van der Waals surface area contributed by atoms with Crippen LogP contribution in [0.15, 0.2) is 24.3 Å². The summed E-state index contributed by atoms with van der Waals surface area (Å²) in [7, 11) is 0. The summed E-state index contributed by atoms with van der Waals surface area (Å²) in [5.41, 5.74) is 6.77. The van der Waals surface area contributed by atoms with Crippen LogP contribution in [0.1, 0.15) is 24.8 Å². The van der Waals surface area contributed by atoms with Crippen LogP contribution in [0.3, 0.4) is 0 Å². The van der Waals surface area contributed by atoms with Crippen molar-refractivity contribution in [2.45, 2.75) is 25.8 Å². The van der Waals surface area contributed by atoms with Crippen molar-refractivity contribution in [2.75, 3.05) is 39.3 Å². The van der Waals surface area contributed by atoms with Crippen molar-refractivity contribution in [1.82, 2.24) is 9.80 Å². The molecule has 1 aliphatic heterocycles. The molecule has 0 radical (unpaired) electrons. The molecule has 0 atom stereocenters. The van der Waals surface area contributed by atoms with E-state index in [1.165, 1.54) is 31.5 Å². The van der Waals surface area contributed by atoms with Crippen LogP contribution in [-0.4, -0.2) is 49.1 Å². The number of nitrogens with two attached hydrogens (primary N) is 1. The van der Waals surface area contributed by atoms with Crippen molar-refractivity contribution in [2.24, 2.45) is 5.73 Å². The lowest BCUT2D eigenvalue weighted by atomic mass is 10.1. The molecule has 0 aliphatic carbocycles. The van der Waals surface area contributed by atoms with E-state index in [9.17, 15) is 4.39 Å². The van der Waals surface area contributed by atoms with Gasteiger partial charge in [-0.15, -0.1) is 0 Å². The van der Waals surface area contributed by atoms with Gasteiger partial charge in [-0.2, -0.15) is 0 Å². The SMILES string of the molecule is NCCCN1CCCN(Cc2ccc(F)cc2)CCC1. The first-order valence-corrected chi connectivity index (χ1v) is 7.67. The lowest BCUT2D eigenvalue weighted by Gasteiger charge is -2.30. The maximum Gasteiger partial charge on any atom is 0.123 e. The van der Waals surface area contributed by atoms with Crippen molar-refractivity contribution in [3.8, 4) is 0 Å². The number of nitrogens with zero attached hydrogens (tertiary/aromatic N) is 2. The number of rotatable bonds is 5. The number of hydrogen-bond acceptors (Lipinski definition) is 3. The van der Waals surface area contributed by atoms with Gasteiger partial charge in [-0.1, -0.05) is 12.1 Å². The third-order valence-electron chi connectivity index (χ3n) is 3.90. The Morgan fingerprint density at radius 2 is 1.55 bits per heavy atom. The van der Waals surface area contributed by atoms with E-state index >= 15 is 0 Å². The molecule has 0 spiro atoms. The second-order valence-electron chi connectivity index (χ2n) is 5.59. The zero-order chi connectivity index (χ0) is 14.2. The van der Waals surface area contributed by atoms with Gasteiger partial charge >= 0.3 is 0 Å². The van der Waals surface area contributed by atoms with Crippen LogP contribution in [0, 0.1) is 5.82 Å². The van der Waals surface area contributed by atoms with Crippen LogP contribution in [0.4, 0.5) is 4.39 Å². The molecule has 2 N–H and O–H groups in total. The summed E-state index contributed by atoms with van der Waals surface area (Å²) in [6, 6.07) is 6.88. The van der Waals surface area contributed by atoms with Gasteiger partial charge in [-0.3, -0.25) is 4.90 Å². The predicted molar refractivity (Wildman–Crippen MR) is 81.0 cm³/mol. The third kappa shape index (κ3) is 5.19. The molecule has 1 aromatic rings. The zero-order valence-corrected chi connectivity index (χ0v) is 12.2. The summed E-state index contributed by atoms with van der Waals surface area (Å²) < 4.78 is 12.9. The minimum atomic E-state index is -0.156. The van der Waals surface area contributed by atoms with E-state index in [0.29, 0.717) is 0 Å². The second kappa shape index (κ2) is 8.35. The van der Waals surface area contributed by atoms with Crippen molar-refractivity contribution < 1.29 is 4.39 Å². The number of hydrogen-bond donors (Lipinski definition) is 1. The lowest BCUT2D eigenvalue weighted by Crippen LogP contribution is -2.37. The van der Waals surface area contributed by atoms with E-state index < -0.39 is 0 Å². The first-order valence-electron chi connectivity index (χ1n) is 7.67. The Morgan fingerprint density at radius 1 is 0.950 bits per heavy atom. The summed E-state index contributed by atoms with van der Waals surface area (Å²) in [6.07, 6.45) is 3.50. The predicted octanol–water partition coefficient (Wildman–Crippen LogP) is 2.07. The van der Waals surface area contributed by atoms with Gasteiger partial charge in [0, 0.05) is 6.54 Å². The Labute approximate surface area is 121 Å². The molecule has 112 valence electrons. The van der Waals surface area contributed by atoms with E-state index in [-0.39, 0.29) is 5.82 Å². The van der Waals surface area contributed by atoms with Crippen molar-refractivity contribution in [3.05, 3.63) is 35.6 Å². The summed E-state index contributed by atoms with van der Waals surface area (Å²) in [4.78, 5) is 5.01. The van der Waals surface area contributed by atoms with Crippen LogP contribution in [-0.2, 0) is 6.54 Å². The summed E-state index contributed by atoms with van der Waals surface area (Å²) >= 11 is 0. The molecule has 2 rings (SSSR count). The number of benzene rings is 1. The van der Waals surface area contributed by atoms with Crippen LogP contribution in [0.25, 0.3) is 0 Å². The van der Waals surface area contributed by atoms with E-state index in [0.717, 1.165) is 39.1 Å². The molecular formula is C16H26FN3. The molecular weight excluding hydrogens is 253 g/mol. The molecule has 3 nitrogen and oxygen atoms in total. The van der Waals surface area contributed by atoms with Crippen LogP contribution >= 0.6 is 0 Å². The standard InChI is InChI=1S/C16H26FN3/c17-16-6-4-15(5-7-16)14-20-12-2-10-19(9-1-8-18)11-3-13-20/h4-7H,1-3,8-14,18H2. The Balaban J connectivity index is 1.77. The van der Waals surface area contributed by atoms with E-state index in [2.05, 4.69) is 9.80 Å². The third-order valence-corrected chi connectivity index (χ3v) is 3.90. The van der Waals surface area contributed by atoms with Crippen LogP contribution < -0.4 is 5.73 Å². The molecule has 20 heavy (non-hydrogen) atoms. The highest BCUT2D eigenvalue weighted by atomic mass is 19.1. The zero-order valence-electron chi connectivity index (χ0n) is 12.2. The first kappa shape index (κ1) is 15.4. The van der Waals surface area contributed by atoms with Gasteiger partial charge in [0.15, 0.2) is 0 Å². The van der Waals surface area contributed by atoms with Gasteiger partial charge in [0.05, 0.1) is 0 Å². The fourth-order valence-corrected chi connectivity index (χ4v) is 2.80. The normalized spacial score (nSPS) is 18.7. The van der Waals surface area contributed by atoms with Crippen molar-refractivity contribution >= 4 is 0 Å². The molecule has 0 amide bonds. The molecule has 0 unspecified atom stereocenters. The second-order valence-corrected chi connectivity index (χ2v) is 5.59. The molecule has 0 bridgehead atoms. The Hall–Kier alpha value is -0.970. The fourth-order valence-electron chi connectivity index (χ4n) is 2.80. The first-order chi connectivity index (χ1) is 9.78. The Bertz CT molecular complexity index is 370. The fraction of sp³-hybridized carbons (Fsp3) is 0.625. The molecule has 0 saturated carbocycles. The largest absolute Gasteiger partial charge is 0.330 e. The topological polar surface area (TPSA) is 32.5 Å². The lowest BCUT2D eigenvalue weighted by molar-refractivity contribution is 0.176. The minimum absolute atomic E-state index is 0.156. The molecule has 1 aromatic carbocycles. The number of halogens is 1. The molecule has 1 saturated heterocycles. The smallest absolute Gasteiger partial charge is 0.123 e. The molecule has 4 heteroatoms. The van der Waals surface area contributed by atoms with Gasteiger partial charge in [0.25, 0.3) is 0 Å². The van der Waals surface area contributed by atoms with Gasteiger partial charge in [0.1, 0.15) is 5.82 Å². The van der Waals surface area contributed by atoms with E-state index in [1.807, 2.05) is 12.1 Å². The molecule has 1 heterocycles. The Morgan fingerprint density at radius 3 is 2.15 bits per heavy atom. The summed E-state index contributed by atoms with van der Waals surface area (Å²) in [6.45, 7) is 7.43. The molecule has 1 aliphatic rings. The maximum atomic E-state index is 12.9. The average molecular weight is 279 g/mol. The van der Waals surface area contributed by atoms with Gasteiger partial charge < -0.3 is 10.6 Å². The minimum Gasteiger partial charge on any atom is -0.330 e. The summed E-state index contributed by atoms with van der Waals surface area (Å²) in [5, 5.41) is 0. The van der Waals surface area contributed by atoms with E-state index in [4.69, 9.17) is 5.73 Å². The highest BCUT2D eigenvalue weighted by Crippen LogP contribution is 2.10. The van der Waals surface area contributed by atoms with Crippen LogP contribution in [0.2, 0.25) is 0 Å². The monoisotopic (exact) mass is 279 g/mol. The highest BCUT2D eigenvalue weighted by Gasteiger charge is 2.12. The molecule has 1 fully saturated rings. The summed E-state index contributed by atoms with van der Waals surface area (Å²) in [5.74, 6) is -0.156. The van der Waals surface area contributed by atoms with Crippen molar-refractivity contribution in [3.63, 3.8) is 0 Å². The molecule has 0 aromatic heterocycles. The van der Waals surface area contributed by atoms with Gasteiger partial charge in [0.2, 0.25) is 0 Å². The van der Waals surface area contributed by atoms with Gasteiger partial charge in [-0.05, 0) is 76.2 Å². The Kier molecular flexibility index (Phi) is 6.43. The quantitative estimate of drug-likeness (QED) is 0.895. The van der Waals surface area contributed by atoms with Crippen LogP contribution in [0.5, 0.6) is 0 Å². The van der Waals surface area contributed by atoms with E-state index in [1.54, 1.807) is 12.1 Å². The highest BCUT2D eigenvalue weighted by molar-refractivity contribution is 5.15. The van der Waals surface area contributed by atoms with Crippen molar-refractivity contribution in [1.29, 1.82) is 0 Å². The van der Waals surface area contributed by atoms with Gasteiger partial charge in [-0.25, -0.2) is 4.39 Å². The maximum absolute atomic E-state index is 12.9.